The zero-order valence-electron chi connectivity index (χ0n) is 11.1. The number of halogens is 1. The van der Waals surface area contributed by atoms with E-state index in [1.807, 2.05) is 6.07 Å². The van der Waals surface area contributed by atoms with E-state index in [4.69, 9.17) is 22.6 Å². The molecule has 1 aliphatic heterocycles. The van der Waals surface area contributed by atoms with Gasteiger partial charge < -0.3 is 5.73 Å². The fourth-order valence-electron chi connectivity index (χ4n) is 2.38. The molecule has 1 aliphatic rings. The van der Waals surface area contributed by atoms with Gasteiger partial charge in [-0.15, -0.1) is 0 Å². The molecule has 2 rings (SSSR count). The van der Waals surface area contributed by atoms with E-state index in [0.29, 0.717) is 12.8 Å². The summed E-state index contributed by atoms with van der Waals surface area (Å²) >= 11 is 5.97. The third kappa shape index (κ3) is 3.02. The molecule has 1 amide bonds. The highest BCUT2D eigenvalue weighted by Crippen LogP contribution is 2.30. The van der Waals surface area contributed by atoms with Gasteiger partial charge in [-0.25, -0.2) is 8.42 Å². The second kappa shape index (κ2) is 6.02. The van der Waals surface area contributed by atoms with Gasteiger partial charge in [0.25, 0.3) is 0 Å². The van der Waals surface area contributed by atoms with Gasteiger partial charge in [-0.05, 0) is 31.0 Å². The van der Waals surface area contributed by atoms with E-state index < -0.39 is 22.0 Å². The number of benzene rings is 1. The molecule has 0 aromatic heterocycles. The van der Waals surface area contributed by atoms with Crippen LogP contribution in [0.3, 0.4) is 0 Å². The molecule has 0 bridgehead atoms. The first kappa shape index (κ1) is 15.8. The Hall–Kier alpha value is -1.62. The van der Waals surface area contributed by atoms with Gasteiger partial charge in [0.2, 0.25) is 15.9 Å². The van der Waals surface area contributed by atoms with E-state index in [1.54, 1.807) is 0 Å². The third-order valence-corrected chi connectivity index (χ3v) is 5.82. The Labute approximate surface area is 128 Å². The molecule has 1 saturated heterocycles. The van der Waals surface area contributed by atoms with Crippen LogP contribution in [0.25, 0.3) is 0 Å². The lowest BCUT2D eigenvalue weighted by Gasteiger charge is -2.32. The van der Waals surface area contributed by atoms with Crippen LogP contribution in [0.1, 0.15) is 24.8 Å². The number of nitrogens with two attached hydrogens (primary N) is 1. The molecule has 0 spiro atoms. The number of primary amides is 1. The highest BCUT2D eigenvalue weighted by molar-refractivity contribution is 7.89. The van der Waals surface area contributed by atoms with Crippen molar-refractivity contribution in [1.82, 2.24) is 4.31 Å². The second-order valence-corrected chi connectivity index (χ2v) is 7.05. The van der Waals surface area contributed by atoms with Gasteiger partial charge in [0.05, 0.1) is 16.7 Å². The Kier molecular flexibility index (Phi) is 4.52. The summed E-state index contributed by atoms with van der Waals surface area (Å²) in [6.45, 7) is 0.228. The number of sulfonamides is 1. The molecule has 0 radical (unpaired) electrons. The average molecular weight is 328 g/mol. The van der Waals surface area contributed by atoms with Crippen LogP contribution in [-0.4, -0.2) is 31.2 Å². The molecule has 1 fully saturated rings. The Morgan fingerprint density at radius 1 is 1.43 bits per heavy atom. The largest absolute Gasteiger partial charge is 0.368 e. The van der Waals surface area contributed by atoms with Crippen LogP contribution in [0.4, 0.5) is 0 Å². The van der Waals surface area contributed by atoms with E-state index in [1.165, 1.54) is 18.2 Å². The van der Waals surface area contributed by atoms with Crippen molar-refractivity contribution in [3.63, 3.8) is 0 Å². The Morgan fingerprint density at radius 3 is 2.71 bits per heavy atom. The first-order valence-electron chi connectivity index (χ1n) is 6.38. The molecule has 112 valence electrons. The summed E-state index contributed by atoms with van der Waals surface area (Å²) in [6.07, 6.45) is 1.82. The van der Waals surface area contributed by atoms with Crippen LogP contribution in [0.2, 0.25) is 5.02 Å². The summed E-state index contributed by atoms with van der Waals surface area (Å²) in [6, 6.07) is 4.98. The minimum Gasteiger partial charge on any atom is -0.368 e. The predicted molar refractivity (Wildman–Crippen MR) is 76.9 cm³/mol. The fraction of sp³-hybridized carbons (Fsp3) is 0.385. The van der Waals surface area contributed by atoms with Crippen LogP contribution in [0.15, 0.2) is 23.1 Å². The topological polar surface area (TPSA) is 104 Å². The molecule has 1 aromatic carbocycles. The molecule has 0 aliphatic carbocycles. The summed E-state index contributed by atoms with van der Waals surface area (Å²) in [7, 11) is -3.92. The van der Waals surface area contributed by atoms with Crippen LogP contribution < -0.4 is 5.73 Å². The van der Waals surface area contributed by atoms with Gasteiger partial charge in [-0.3, -0.25) is 4.79 Å². The number of piperidine rings is 1. The molecular formula is C13H14ClN3O3S. The number of hydrogen-bond donors (Lipinski definition) is 1. The van der Waals surface area contributed by atoms with Crippen molar-refractivity contribution in [3.8, 4) is 6.07 Å². The summed E-state index contributed by atoms with van der Waals surface area (Å²) < 4.78 is 26.4. The van der Waals surface area contributed by atoms with Crippen molar-refractivity contribution in [2.75, 3.05) is 6.54 Å². The summed E-state index contributed by atoms with van der Waals surface area (Å²) in [5, 5.41) is 8.75. The number of rotatable bonds is 3. The molecular weight excluding hydrogens is 314 g/mol. The lowest BCUT2D eigenvalue weighted by atomic mass is 10.0. The molecule has 1 unspecified atom stereocenters. The van der Waals surface area contributed by atoms with Crippen molar-refractivity contribution >= 4 is 27.5 Å². The molecule has 1 heterocycles. The molecule has 1 atom stereocenters. The second-order valence-electron chi connectivity index (χ2n) is 4.79. The van der Waals surface area contributed by atoms with E-state index in [9.17, 15) is 13.2 Å². The quantitative estimate of drug-likeness (QED) is 0.901. The number of hydrogen-bond acceptors (Lipinski definition) is 4. The maximum Gasteiger partial charge on any atom is 0.245 e. The number of nitrogens with zero attached hydrogens (tertiary/aromatic N) is 2. The van der Waals surface area contributed by atoms with Crippen LogP contribution in [0.5, 0.6) is 0 Å². The normalized spacial score (nSPS) is 19.9. The van der Waals surface area contributed by atoms with Crippen molar-refractivity contribution in [1.29, 1.82) is 5.26 Å². The standard InChI is InChI=1S/C13H14ClN3O3S/c14-10-7-9(8-15)4-5-12(10)21(19,20)17-6-2-1-3-11(17)13(16)18/h4-5,7,11H,1-3,6H2,(H2,16,18). The summed E-state index contributed by atoms with van der Waals surface area (Å²) in [5.41, 5.74) is 5.56. The maximum atomic E-state index is 12.7. The Bertz CT molecular complexity index is 712. The lowest BCUT2D eigenvalue weighted by Crippen LogP contribution is -2.50. The Morgan fingerprint density at radius 2 is 2.14 bits per heavy atom. The maximum absolute atomic E-state index is 12.7. The van der Waals surface area contributed by atoms with Crippen LogP contribution in [-0.2, 0) is 14.8 Å². The molecule has 1 aromatic rings. The number of amides is 1. The average Bonchev–Trinajstić information content (AvgIpc) is 2.46. The zero-order chi connectivity index (χ0) is 15.6. The summed E-state index contributed by atoms with van der Waals surface area (Å²) in [5.74, 6) is -0.664. The minimum atomic E-state index is -3.92. The predicted octanol–water partition coefficient (Wildman–Crippen LogP) is 1.24. The molecule has 2 N–H and O–H groups in total. The van der Waals surface area contributed by atoms with E-state index in [-0.39, 0.29) is 22.0 Å². The highest BCUT2D eigenvalue weighted by atomic mass is 35.5. The van der Waals surface area contributed by atoms with Crippen LogP contribution in [0, 0.1) is 11.3 Å². The highest BCUT2D eigenvalue weighted by Gasteiger charge is 2.37. The molecule has 0 saturated carbocycles. The van der Waals surface area contributed by atoms with Crippen molar-refractivity contribution in [2.24, 2.45) is 5.73 Å². The SMILES string of the molecule is N#Cc1ccc(S(=O)(=O)N2CCCCC2C(N)=O)c(Cl)c1. The molecule has 6 nitrogen and oxygen atoms in total. The first-order valence-corrected chi connectivity index (χ1v) is 8.20. The minimum absolute atomic E-state index is 0.0390. The van der Waals surface area contributed by atoms with Crippen molar-refractivity contribution in [3.05, 3.63) is 28.8 Å². The first-order chi connectivity index (χ1) is 9.87. The fourth-order valence-corrected chi connectivity index (χ4v) is 4.57. The van der Waals surface area contributed by atoms with Gasteiger partial charge in [-0.2, -0.15) is 9.57 Å². The third-order valence-electron chi connectivity index (χ3n) is 3.43. The molecule has 8 heteroatoms. The monoisotopic (exact) mass is 327 g/mol. The van der Waals surface area contributed by atoms with Gasteiger partial charge in [-0.1, -0.05) is 18.0 Å². The lowest BCUT2D eigenvalue weighted by molar-refractivity contribution is -0.122. The number of nitriles is 1. The number of carbonyl (C=O) groups excluding carboxylic acids is 1. The van der Waals surface area contributed by atoms with Gasteiger partial charge in [0.15, 0.2) is 0 Å². The van der Waals surface area contributed by atoms with E-state index in [0.717, 1.165) is 10.7 Å². The smallest absolute Gasteiger partial charge is 0.245 e. The van der Waals surface area contributed by atoms with Gasteiger partial charge in [0, 0.05) is 6.54 Å². The number of carbonyl (C=O) groups is 1. The van der Waals surface area contributed by atoms with Gasteiger partial charge in [0.1, 0.15) is 10.9 Å². The molecule has 21 heavy (non-hydrogen) atoms. The van der Waals surface area contributed by atoms with Gasteiger partial charge >= 0.3 is 0 Å². The Balaban J connectivity index is 2.46. The van der Waals surface area contributed by atoms with Crippen molar-refractivity contribution < 1.29 is 13.2 Å². The van der Waals surface area contributed by atoms with Crippen molar-refractivity contribution in [2.45, 2.75) is 30.2 Å². The van der Waals surface area contributed by atoms with E-state index >= 15 is 0 Å². The zero-order valence-corrected chi connectivity index (χ0v) is 12.7. The summed E-state index contributed by atoms with van der Waals surface area (Å²) in [4.78, 5) is 11.4. The van der Waals surface area contributed by atoms with Crippen LogP contribution >= 0.6 is 11.6 Å². The van der Waals surface area contributed by atoms with E-state index in [2.05, 4.69) is 0 Å².